The monoisotopic (exact) mass is 381 g/mol. The zero-order valence-electron chi connectivity index (χ0n) is 15.7. The van der Waals surface area contributed by atoms with Crippen LogP contribution in [0.25, 0.3) is 0 Å². The summed E-state index contributed by atoms with van der Waals surface area (Å²) in [4.78, 5) is 26.3. The van der Waals surface area contributed by atoms with Crippen LogP contribution in [0.4, 0.5) is 0 Å². The van der Waals surface area contributed by atoms with E-state index in [4.69, 9.17) is 4.74 Å². The fraction of sp³-hybridized carbons (Fsp3) is 0.429. The number of ether oxygens (including phenoxy) is 1. The number of carbonyl (C=O) groups is 2. The Labute approximate surface area is 163 Å². The number of rotatable bonds is 6. The molecule has 146 valence electrons. The number of methoxy groups -OCH3 is 1. The van der Waals surface area contributed by atoms with E-state index in [0.29, 0.717) is 24.6 Å². The molecule has 1 aromatic heterocycles. The highest BCUT2D eigenvalue weighted by atomic mass is 16.5. The second-order valence-electron chi connectivity index (χ2n) is 7.56. The van der Waals surface area contributed by atoms with Crippen molar-refractivity contribution in [2.75, 3.05) is 20.2 Å². The van der Waals surface area contributed by atoms with Crippen molar-refractivity contribution in [3.8, 4) is 5.75 Å². The molecule has 1 aliphatic heterocycles. The molecular weight excluding hydrogens is 358 g/mol. The molecule has 1 amide bonds. The Bertz CT molecular complexity index is 882. The number of aliphatic carboxylic acids is 1. The van der Waals surface area contributed by atoms with Crippen molar-refractivity contribution in [3.63, 3.8) is 0 Å². The van der Waals surface area contributed by atoms with Crippen LogP contribution in [0.5, 0.6) is 5.75 Å². The van der Waals surface area contributed by atoms with E-state index in [2.05, 4.69) is 10.2 Å². The summed E-state index contributed by atoms with van der Waals surface area (Å²) in [5, 5.41) is 17.9. The standard InChI is InChI=1S/C21H23N3O4/c1-28-18-10-17(22-23-19(18)14-7-8-14)20(25)24-11-15(16(12-24)21(26)27)9-13-5-3-2-4-6-13/h2-6,10,14-16H,7-9,11-12H2,1H3,(H,26,27)/t15-,16-/m1/s1. The van der Waals surface area contributed by atoms with E-state index in [1.807, 2.05) is 30.3 Å². The average molecular weight is 381 g/mol. The van der Waals surface area contributed by atoms with Crippen molar-refractivity contribution in [2.45, 2.75) is 25.2 Å². The Hall–Kier alpha value is -2.96. The van der Waals surface area contributed by atoms with Gasteiger partial charge in [-0.15, -0.1) is 5.10 Å². The predicted octanol–water partition coefficient (Wildman–Crippen LogP) is 2.38. The number of carboxylic acid groups (broad SMARTS) is 1. The van der Waals surface area contributed by atoms with Gasteiger partial charge in [0, 0.05) is 25.1 Å². The lowest BCUT2D eigenvalue weighted by atomic mass is 9.90. The van der Waals surface area contributed by atoms with Gasteiger partial charge >= 0.3 is 5.97 Å². The van der Waals surface area contributed by atoms with E-state index >= 15 is 0 Å². The molecule has 2 aromatic rings. The van der Waals surface area contributed by atoms with Crippen molar-refractivity contribution in [1.82, 2.24) is 15.1 Å². The van der Waals surface area contributed by atoms with Gasteiger partial charge in [-0.25, -0.2) is 0 Å². The van der Waals surface area contributed by atoms with Gasteiger partial charge in [0.1, 0.15) is 11.4 Å². The maximum atomic E-state index is 13.0. The van der Waals surface area contributed by atoms with E-state index < -0.39 is 11.9 Å². The number of hydrogen-bond donors (Lipinski definition) is 1. The molecule has 1 saturated carbocycles. The van der Waals surface area contributed by atoms with E-state index in [9.17, 15) is 14.7 Å². The van der Waals surface area contributed by atoms with Crippen LogP contribution in [0.15, 0.2) is 36.4 Å². The Balaban J connectivity index is 1.52. The third-order valence-corrected chi connectivity index (χ3v) is 5.57. The molecule has 28 heavy (non-hydrogen) atoms. The fourth-order valence-electron chi connectivity index (χ4n) is 3.89. The van der Waals surface area contributed by atoms with Gasteiger partial charge in [-0.3, -0.25) is 9.59 Å². The maximum Gasteiger partial charge on any atom is 0.308 e. The minimum Gasteiger partial charge on any atom is -0.495 e. The lowest BCUT2D eigenvalue weighted by Crippen LogP contribution is -2.31. The van der Waals surface area contributed by atoms with Gasteiger partial charge in [0.2, 0.25) is 0 Å². The average Bonchev–Trinajstić information content (AvgIpc) is 3.47. The molecule has 7 nitrogen and oxygen atoms in total. The van der Waals surface area contributed by atoms with Crippen LogP contribution in [0, 0.1) is 11.8 Å². The Morgan fingerprint density at radius 3 is 2.57 bits per heavy atom. The minimum absolute atomic E-state index is 0.135. The number of aromatic nitrogens is 2. The first-order valence-corrected chi connectivity index (χ1v) is 9.54. The summed E-state index contributed by atoms with van der Waals surface area (Å²) in [6.07, 6.45) is 2.75. The molecule has 1 aromatic carbocycles. The molecule has 0 bridgehead atoms. The molecule has 0 spiro atoms. The second kappa shape index (κ2) is 7.58. The maximum absolute atomic E-state index is 13.0. The molecular formula is C21H23N3O4. The first kappa shape index (κ1) is 18.4. The molecule has 1 saturated heterocycles. The molecule has 2 fully saturated rings. The summed E-state index contributed by atoms with van der Waals surface area (Å²) in [5.74, 6) is -0.950. The van der Waals surface area contributed by atoms with E-state index in [0.717, 1.165) is 24.1 Å². The number of carboxylic acids is 1. The lowest BCUT2D eigenvalue weighted by Gasteiger charge is -2.16. The Morgan fingerprint density at radius 1 is 1.18 bits per heavy atom. The number of carbonyl (C=O) groups excluding carboxylic acids is 1. The summed E-state index contributed by atoms with van der Waals surface area (Å²) in [5.41, 5.74) is 2.07. The Kier molecular flexibility index (Phi) is 4.98. The van der Waals surface area contributed by atoms with Crippen molar-refractivity contribution in [1.29, 1.82) is 0 Å². The number of hydrogen-bond acceptors (Lipinski definition) is 5. The van der Waals surface area contributed by atoms with Crippen molar-refractivity contribution in [2.24, 2.45) is 11.8 Å². The van der Waals surface area contributed by atoms with Crippen LogP contribution in [0.2, 0.25) is 0 Å². The number of nitrogens with zero attached hydrogens (tertiary/aromatic N) is 3. The van der Waals surface area contributed by atoms with Gasteiger partial charge in [0.05, 0.1) is 13.0 Å². The Morgan fingerprint density at radius 2 is 1.93 bits per heavy atom. The molecule has 1 aliphatic carbocycles. The molecule has 1 N–H and O–H groups in total. The van der Waals surface area contributed by atoms with Crippen LogP contribution in [-0.4, -0.2) is 52.3 Å². The van der Waals surface area contributed by atoms with E-state index in [-0.39, 0.29) is 24.1 Å². The third kappa shape index (κ3) is 3.69. The SMILES string of the molecule is COc1cc(C(=O)N2C[C@@H](Cc3ccccc3)[C@H](C(=O)O)C2)nnc1C1CC1. The highest BCUT2D eigenvalue weighted by Gasteiger charge is 2.40. The van der Waals surface area contributed by atoms with E-state index in [1.165, 1.54) is 0 Å². The summed E-state index contributed by atoms with van der Waals surface area (Å²) < 4.78 is 5.39. The largest absolute Gasteiger partial charge is 0.495 e. The van der Waals surface area contributed by atoms with Crippen molar-refractivity contribution >= 4 is 11.9 Å². The smallest absolute Gasteiger partial charge is 0.308 e. The van der Waals surface area contributed by atoms with Crippen molar-refractivity contribution in [3.05, 3.63) is 53.3 Å². The van der Waals surface area contributed by atoms with Gasteiger partial charge < -0.3 is 14.7 Å². The first-order chi connectivity index (χ1) is 13.6. The van der Waals surface area contributed by atoms with Crippen LogP contribution >= 0.6 is 0 Å². The van der Waals surface area contributed by atoms with Crippen LogP contribution in [-0.2, 0) is 11.2 Å². The number of amides is 1. The van der Waals surface area contributed by atoms with Gasteiger partial charge in [-0.2, -0.15) is 5.10 Å². The van der Waals surface area contributed by atoms with Crippen LogP contribution in [0.1, 0.15) is 40.5 Å². The first-order valence-electron chi connectivity index (χ1n) is 9.54. The highest BCUT2D eigenvalue weighted by molar-refractivity contribution is 5.93. The van der Waals surface area contributed by atoms with Gasteiger partial charge in [0.15, 0.2) is 5.69 Å². The van der Waals surface area contributed by atoms with Gasteiger partial charge in [0.25, 0.3) is 5.91 Å². The van der Waals surface area contributed by atoms with Crippen LogP contribution in [0.3, 0.4) is 0 Å². The topological polar surface area (TPSA) is 92.6 Å². The van der Waals surface area contributed by atoms with Crippen molar-refractivity contribution < 1.29 is 19.4 Å². The van der Waals surface area contributed by atoms with E-state index in [1.54, 1.807) is 18.1 Å². The quantitative estimate of drug-likeness (QED) is 0.826. The molecule has 0 radical (unpaired) electrons. The number of benzene rings is 1. The number of likely N-dealkylation sites (tertiary alicyclic amines) is 1. The minimum atomic E-state index is -0.871. The van der Waals surface area contributed by atoms with Gasteiger partial charge in [-0.05, 0) is 30.7 Å². The second-order valence-corrected chi connectivity index (χ2v) is 7.56. The zero-order valence-corrected chi connectivity index (χ0v) is 15.7. The molecule has 2 atom stereocenters. The van der Waals surface area contributed by atoms with Gasteiger partial charge in [-0.1, -0.05) is 30.3 Å². The lowest BCUT2D eigenvalue weighted by molar-refractivity contribution is -0.142. The summed E-state index contributed by atoms with van der Waals surface area (Å²) in [6.45, 7) is 0.569. The van der Waals surface area contributed by atoms with Crippen LogP contribution < -0.4 is 4.74 Å². The third-order valence-electron chi connectivity index (χ3n) is 5.57. The summed E-state index contributed by atoms with van der Waals surface area (Å²) >= 11 is 0. The summed E-state index contributed by atoms with van der Waals surface area (Å²) in [7, 11) is 1.56. The normalized spacial score (nSPS) is 21.5. The highest BCUT2D eigenvalue weighted by Crippen LogP contribution is 2.42. The molecule has 7 heteroatoms. The molecule has 2 heterocycles. The molecule has 4 rings (SSSR count). The summed E-state index contributed by atoms with van der Waals surface area (Å²) in [6, 6.07) is 11.4. The molecule has 0 unspecified atom stereocenters. The fourth-order valence-corrected chi connectivity index (χ4v) is 3.89. The predicted molar refractivity (Wildman–Crippen MR) is 101 cm³/mol. The molecule has 2 aliphatic rings. The zero-order chi connectivity index (χ0) is 19.7.